The van der Waals surface area contributed by atoms with Gasteiger partial charge in [0.25, 0.3) is 0 Å². The minimum Gasteiger partial charge on any atom is -0.208 e. The van der Waals surface area contributed by atoms with Gasteiger partial charge in [-0.3, -0.25) is 0 Å². The molecule has 0 fully saturated rings. The summed E-state index contributed by atoms with van der Waals surface area (Å²) in [5.74, 6) is 0. The Bertz CT molecular complexity index is 777. The molecular weight excluding hydrogens is 268 g/mol. The Hall–Kier alpha value is -2.48. The summed E-state index contributed by atoms with van der Waals surface area (Å²) in [4.78, 5) is 0. The highest BCUT2D eigenvalue weighted by Gasteiger charge is 2.14. The minimum atomic E-state index is 1.24. The van der Waals surface area contributed by atoms with Gasteiger partial charge < -0.3 is 0 Å². The SMILES string of the molecule is Cc1cc(C)c(-[n+]2ccc(-c3cc[n+](C)cc3)cc2)c(C)c1. The van der Waals surface area contributed by atoms with E-state index in [0.717, 1.165) is 0 Å². The molecule has 0 saturated carbocycles. The van der Waals surface area contributed by atoms with Crippen LogP contribution in [0, 0.1) is 20.8 Å². The van der Waals surface area contributed by atoms with Crippen molar-refractivity contribution in [2.24, 2.45) is 7.05 Å². The van der Waals surface area contributed by atoms with Crippen molar-refractivity contribution < 1.29 is 9.13 Å². The summed E-state index contributed by atoms with van der Waals surface area (Å²) >= 11 is 0. The zero-order chi connectivity index (χ0) is 15.7. The molecule has 0 saturated heterocycles. The van der Waals surface area contributed by atoms with Crippen LogP contribution in [0.5, 0.6) is 0 Å². The van der Waals surface area contributed by atoms with Crippen molar-refractivity contribution in [3.05, 3.63) is 77.9 Å². The summed E-state index contributed by atoms with van der Waals surface area (Å²) < 4.78 is 4.25. The van der Waals surface area contributed by atoms with Crippen molar-refractivity contribution in [1.29, 1.82) is 0 Å². The van der Waals surface area contributed by atoms with E-state index in [2.05, 4.69) is 86.5 Å². The van der Waals surface area contributed by atoms with Gasteiger partial charge in [-0.25, -0.2) is 4.57 Å². The van der Waals surface area contributed by atoms with Crippen LogP contribution in [0.3, 0.4) is 0 Å². The predicted molar refractivity (Wildman–Crippen MR) is 88.8 cm³/mol. The molecule has 2 nitrogen and oxygen atoms in total. The van der Waals surface area contributed by atoms with E-state index >= 15 is 0 Å². The van der Waals surface area contributed by atoms with Crippen LogP contribution in [-0.2, 0) is 7.05 Å². The zero-order valence-electron chi connectivity index (χ0n) is 13.7. The molecule has 0 atom stereocenters. The Morgan fingerprint density at radius 2 is 1.14 bits per heavy atom. The highest BCUT2D eigenvalue weighted by atomic mass is 14.9. The molecule has 110 valence electrons. The Balaban J connectivity index is 2.00. The van der Waals surface area contributed by atoms with Gasteiger partial charge in [-0.05, 0) is 44.0 Å². The third-order valence-electron chi connectivity index (χ3n) is 4.03. The van der Waals surface area contributed by atoms with Gasteiger partial charge in [0, 0.05) is 35.4 Å². The zero-order valence-corrected chi connectivity index (χ0v) is 13.7. The third kappa shape index (κ3) is 2.77. The molecule has 0 aliphatic carbocycles. The van der Waals surface area contributed by atoms with Crippen molar-refractivity contribution >= 4 is 0 Å². The first-order valence-corrected chi connectivity index (χ1v) is 7.60. The van der Waals surface area contributed by atoms with E-state index in [0.29, 0.717) is 0 Å². The third-order valence-corrected chi connectivity index (χ3v) is 4.03. The van der Waals surface area contributed by atoms with Gasteiger partial charge in [-0.1, -0.05) is 5.56 Å². The van der Waals surface area contributed by atoms with Gasteiger partial charge in [0.1, 0.15) is 7.05 Å². The van der Waals surface area contributed by atoms with E-state index in [1.54, 1.807) is 0 Å². The quantitative estimate of drug-likeness (QED) is 0.639. The lowest BCUT2D eigenvalue weighted by atomic mass is 10.0. The molecule has 0 N–H and O–H groups in total. The fraction of sp³-hybridized carbons (Fsp3) is 0.200. The Labute approximate surface area is 132 Å². The highest BCUT2D eigenvalue weighted by molar-refractivity contribution is 5.61. The number of hydrogen-bond acceptors (Lipinski definition) is 0. The second kappa shape index (κ2) is 5.72. The maximum Gasteiger partial charge on any atom is 0.216 e. The Morgan fingerprint density at radius 3 is 1.64 bits per heavy atom. The van der Waals surface area contributed by atoms with Crippen LogP contribution in [0.25, 0.3) is 16.8 Å². The van der Waals surface area contributed by atoms with E-state index in [4.69, 9.17) is 0 Å². The van der Waals surface area contributed by atoms with E-state index in [1.807, 2.05) is 11.6 Å². The second-order valence-corrected chi connectivity index (χ2v) is 5.99. The number of hydrogen-bond donors (Lipinski definition) is 0. The number of aromatic nitrogens is 2. The Morgan fingerprint density at radius 1 is 0.682 bits per heavy atom. The second-order valence-electron chi connectivity index (χ2n) is 5.99. The van der Waals surface area contributed by atoms with Crippen LogP contribution in [0.4, 0.5) is 0 Å². The molecule has 0 spiro atoms. The summed E-state index contributed by atoms with van der Waals surface area (Å²) in [6.07, 6.45) is 8.44. The first-order chi connectivity index (χ1) is 10.5. The number of nitrogens with zero attached hydrogens (tertiary/aromatic N) is 2. The lowest BCUT2D eigenvalue weighted by Gasteiger charge is -2.06. The molecule has 0 aliphatic rings. The topological polar surface area (TPSA) is 7.76 Å². The smallest absolute Gasteiger partial charge is 0.208 e. The lowest BCUT2D eigenvalue weighted by Crippen LogP contribution is -2.31. The van der Waals surface area contributed by atoms with E-state index in [9.17, 15) is 0 Å². The molecule has 0 amide bonds. The molecular formula is C20H22N2+2. The summed E-state index contributed by atoms with van der Waals surface area (Å²) in [5.41, 5.74) is 7.68. The van der Waals surface area contributed by atoms with Crippen LogP contribution in [-0.4, -0.2) is 0 Å². The van der Waals surface area contributed by atoms with Crippen molar-refractivity contribution in [2.75, 3.05) is 0 Å². The first kappa shape index (κ1) is 14.5. The summed E-state index contributed by atoms with van der Waals surface area (Å²) in [6, 6.07) is 13.1. The highest BCUT2D eigenvalue weighted by Crippen LogP contribution is 2.19. The minimum absolute atomic E-state index is 1.24. The molecule has 2 heteroatoms. The van der Waals surface area contributed by atoms with Crippen molar-refractivity contribution in [3.63, 3.8) is 0 Å². The largest absolute Gasteiger partial charge is 0.216 e. The first-order valence-electron chi connectivity index (χ1n) is 7.60. The van der Waals surface area contributed by atoms with Crippen LogP contribution >= 0.6 is 0 Å². The molecule has 0 unspecified atom stereocenters. The van der Waals surface area contributed by atoms with Gasteiger partial charge in [0.15, 0.2) is 24.8 Å². The van der Waals surface area contributed by atoms with Gasteiger partial charge in [-0.15, -0.1) is 0 Å². The normalized spacial score (nSPS) is 10.7. The standard InChI is InChI=1S/C20H22N2/c1-15-13-16(2)20(17(3)14-15)22-11-7-19(8-12-22)18-5-9-21(4)10-6-18/h5-14H,1-4H3/q+2. The molecule has 0 aliphatic heterocycles. The van der Waals surface area contributed by atoms with Crippen LogP contribution in [0.15, 0.2) is 61.2 Å². The molecule has 22 heavy (non-hydrogen) atoms. The van der Waals surface area contributed by atoms with Gasteiger partial charge in [0.05, 0.1) is 0 Å². The number of aryl methyl sites for hydroxylation is 4. The van der Waals surface area contributed by atoms with Crippen LogP contribution < -0.4 is 9.13 Å². The van der Waals surface area contributed by atoms with E-state index < -0.39 is 0 Å². The maximum atomic E-state index is 2.24. The summed E-state index contributed by atoms with van der Waals surface area (Å²) in [5, 5.41) is 0. The van der Waals surface area contributed by atoms with E-state index in [-0.39, 0.29) is 0 Å². The molecule has 2 heterocycles. The molecule has 1 aromatic carbocycles. The molecule has 0 bridgehead atoms. The maximum absolute atomic E-state index is 2.24. The Kier molecular flexibility index (Phi) is 3.76. The number of benzene rings is 1. The van der Waals surface area contributed by atoms with Gasteiger partial charge >= 0.3 is 0 Å². The van der Waals surface area contributed by atoms with Crippen molar-refractivity contribution in [2.45, 2.75) is 20.8 Å². The van der Waals surface area contributed by atoms with Crippen LogP contribution in [0.1, 0.15) is 16.7 Å². The molecule has 3 rings (SSSR count). The summed E-state index contributed by atoms with van der Waals surface area (Å²) in [7, 11) is 2.03. The summed E-state index contributed by atoms with van der Waals surface area (Å²) in [6.45, 7) is 6.49. The fourth-order valence-corrected chi connectivity index (χ4v) is 3.04. The predicted octanol–water partition coefficient (Wildman–Crippen LogP) is 3.38. The van der Waals surface area contributed by atoms with Gasteiger partial charge in [0.2, 0.25) is 5.69 Å². The van der Waals surface area contributed by atoms with Crippen molar-refractivity contribution in [1.82, 2.24) is 0 Å². The average Bonchev–Trinajstić information content (AvgIpc) is 2.48. The molecule has 2 aromatic heterocycles. The van der Waals surface area contributed by atoms with Gasteiger partial charge in [-0.2, -0.15) is 4.57 Å². The van der Waals surface area contributed by atoms with Crippen LogP contribution in [0.2, 0.25) is 0 Å². The number of rotatable bonds is 2. The number of pyridine rings is 2. The fourth-order valence-electron chi connectivity index (χ4n) is 3.04. The molecule has 3 aromatic rings. The van der Waals surface area contributed by atoms with E-state index in [1.165, 1.54) is 33.5 Å². The monoisotopic (exact) mass is 290 g/mol. The average molecular weight is 290 g/mol. The van der Waals surface area contributed by atoms with Crippen molar-refractivity contribution in [3.8, 4) is 16.8 Å². The lowest BCUT2D eigenvalue weighted by molar-refractivity contribution is -0.671. The molecule has 0 radical (unpaired) electrons.